The van der Waals surface area contributed by atoms with Crippen LogP contribution in [0.3, 0.4) is 0 Å². The molecule has 1 amide bonds. The lowest BCUT2D eigenvalue weighted by molar-refractivity contribution is -0.117. The number of carbonyl (C=O) groups excluding carboxylic acids is 1. The molecule has 1 aliphatic heterocycles. The number of nitrogens with one attached hydrogen (secondary N) is 2. The minimum atomic E-state index is 0. The maximum Gasteiger partial charge on any atom is 0.226 e. The number of hydrogen-bond donors (Lipinski definition) is 2. The highest BCUT2D eigenvalue weighted by Gasteiger charge is 2.23. The van der Waals surface area contributed by atoms with Gasteiger partial charge in [0, 0.05) is 19.5 Å². The summed E-state index contributed by atoms with van der Waals surface area (Å²) in [5.41, 5.74) is 2.01. The first-order valence-electron chi connectivity index (χ1n) is 10.8. The molecule has 1 aromatic heterocycles. The summed E-state index contributed by atoms with van der Waals surface area (Å²) < 4.78 is 2.15. The molecule has 1 aromatic carbocycles. The molecule has 2 N–H and O–H groups in total. The average Bonchev–Trinajstić information content (AvgIpc) is 3.06. The van der Waals surface area contributed by atoms with Crippen LogP contribution in [0, 0.1) is 11.8 Å². The molecule has 0 saturated carbocycles. The number of para-hydroxylation sites is 2. The fraction of sp³-hybridized carbons (Fsp3) is 0.636. The van der Waals surface area contributed by atoms with Gasteiger partial charge in [-0.25, -0.2) is 4.98 Å². The summed E-state index contributed by atoms with van der Waals surface area (Å²) in [5, 5.41) is 6.51. The van der Waals surface area contributed by atoms with Gasteiger partial charge in [-0.2, -0.15) is 0 Å². The Balaban J connectivity index is 0.00000225. The van der Waals surface area contributed by atoms with Gasteiger partial charge in [-0.3, -0.25) is 10.1 Å². The zero-order valence-electron chi connectivity index (χ0n) is 18.4. The van der Waals surface area contributed by atoms with Crippen LogP contribution in [-0.4, -0.2) is 53.1 Å². The normalized spacial score (nSPS) is 15.5. The van der Waals surface area contributed by atoms with Crippen molar-refractivity contribution in [2.24, 2.45) is 11.8 Å². The number of benzene rings is 1. The van der Waals surface area contributed by atoms with E-state index >= 15 is 0 Å². The van der Waals surface area contributed by atoms with E-state index in [1.54, 1.807) is 0 Å². The third-order valence-corrected chi connectivity index (χ3v) is 6.14. The SMILES string of the molecule is CCN(CC)CCn1c(NC(=O)CC(C)C2CCNCC2)nc2ccccc21.Cl.Cl. The van der Waals surface area contributed by atoms with Gasteiger partial charge >= 0.3 is 0 Å². The van der Waals surface area contributed by atoms with Gasteiger partial charge in [0.05, 0.1) is 11.0 Å². The molecule has 1 aliphatic rings. The van der Waals surface area contributed by atoms with Crippen molar-refractivity contribution < 1.29 is 4.79 Å². The van der Waals surface area contributed by atoms with Gasteiger partial charge in [0.15, 0.2) is 0 Å². The number of amides is 1. The van der Waals surface area contributed by atoms with Crippen LogP contribution in [0.2, 0.25) is 0 Å². The molecule has 2 aromatic rings. The van der Waals surface area contributed by atoms with Crippen LogP contribution in [0.15, 0.2) is 24.3 Å². The highest BCUT2D eigenvalue weighted by molar-refractivity contribution is 5.91. The Kier molecular flexibility index (Phi) is 11.7. The van der Waals surface area contributed by atoms with E-state index in [0.717, 1.165) is 63.1 Å². The van der Waals surface area contributed by atoms with Gasteiger partial charge in [0.2, 0.25) is 11.9 Å². The van der Waals surface area contributed by atoms with Crippen LogP contribution in [0.4, 0.5) is 5.95 Å². The van der Waals surface area contributed by atoms with Gasteiger partial charge < -0.3 is 14.8 Å². The van der Waals surface area contributed by atoms with Gasteiger partial charge in [-0.05, 0) is 63.0 Å². The number of nitrogens with zero attached hydrogens (tertiary/aromatic N) is 3. The highest BCUT2D eigenvalue weighted by Crippen LogP contribution is 2.25. The number of aromatic nitrogens is 2. The van der Waals surface area contributed by atoms with E-state index in [2.05, 4.69) is 46.9 Å². The van der Waals surface area contributed by atoms with Crippen LogP contribution >= 0.6 is 24.8 Å². The number of halogens is 2. The Morgan fingerprint density at radius 3 is 2.57 bits per heavy atom. The molecule has 2 heterocycles. The Bertz CT molecular complexity index is 772. The Hall–Kier alpha value is -1.34. The topological polar surface area (TPSA) is 62.2 Å². The van der Waals surface area contributed by atoms with Gasteiger partial charge in [-0.1, -0.05) is 32.9 Å². The van der Waals surface area contributed by atoms with E-state index in [4.69, 9.17) is 4.98 Å². The number of anilines is 1. The molecule has 1 fully saturated rings. The molecule has 0 aliphatic carbocycles. The lowest BCUT2D eigenvalue weighted by atomic mass is 9.84. The number of likely N-dealkylation sites (N-methyl/N-ethyl adjacent to an activating group) is 1. The van der Waals surface area contributed by atoms with Crippen molar-refractivity contribution in [2.45, 2.75) is 46.6 Å². The molecule has 1 saturated heterocycles. The molecule has 6 nitrogen and oxygen atoms in total. The molecule has 1 atom stereocenters. The van der Waals surface area contributed by atoms with Crippen molar-refractivity contribution in [3.05, 3.63) is 24.3 Å². The summed E-state index contributed by atoms with van der Waals surface area (Å²) in [5.74, 6) is 1.78. The number of imidazole rings is 1. The van der Waals surface area contributed by atoms with Gasteiger partial charge in [-0.15, -0.1) is 24.8 Å². The van der Waals surface area contributed by atoms with Crippen LogP contribution in [0.25, 0.3) is 11.0 Å². The van der Waals surface area contributed by atoms with Crippen molar-refractivity contribution in [1.29, 1.82) is 0 Å². The van der Waals surface area contributed by atoms with E-state index in [1.807, 2.05) is 18.2 Å². The van der Waals surface area contributed by atoms with E-state index < -0.39 is 0 Å². The smallest absolute Gasteiger partial charge is 0.226 e. The molecule has 0 bridgehead atoms. The number of rotatable bonds is 9. The minimum absolute atomic E-state index is 0. The van der Waals surface area contributed by atoms with Crippen LogP contribution in [0.1, 0.15) is 40.0 Å². The zero-order valence-corrected chi connectivity index (χ0v) is 20.0. The maximum atomic E-state index is 12.8. The first kappa shape index (κ1) is 26.7. The van der Waals surface area contributed by atoms with Crippen molar-refractivity contribution >= 4 is 47.7 Å². The van der Waals surface area contributed by atoms with E-state index in [0.29, 0.717) is 24.2 Å². The molecule has 170 valence electrons. The second kappa shape index (κ2) is 13.2. The number of carbonyl (C=O) groups is 1. The Labute approximate surface area is 193 Å². The summed E-state index contributed by atoms with van der Waals surface area (Å²) in [7, 11) is 0. The predicted octanol–water partition coefficient (Wildman–Crippen LogP) is 4.19. The summed E-state index contributed by atoms with van der Waals surface area (Å²) in [4.78, 5) is 19.8. The Morgan fingerprint density at radius 2 is 1.90 bits per heavy atom. The van der Waals surface area contributed by atoms with Crippen molar-refractivity contribution in [1.82, 2.24) is 19.8 Å². The van der Waals surface area contributed by atoms with E-state index in [9.17, 15) is 4.79 Å². The molecule has 0 radical (unpaired) electrons. The lowest BCUT2D eigenvalue weighted by Gasteiger charge is -2.27. The third-order valence-electron chi connectivity index (χ3n) is 6.14. The highest BCUT2D eigenvalue weighted by atomic mass is 35.5. The fourth-order valence-corrected chi connectivity index (χ4v) is 4.23. The minimum Gasteiger partial charge on any atom is -0.317 e. The van der Waals surface area contributed by atoms with Gasteiger partial charge in [0.1, 0.15) is 0 Å². The van der Waals surface area contributed by atoms with Crippen LogP contribution in [0.5, 0.6) is 0 Å². The van der Waals surface area contributed by atoms with Crippen molar-refractivity contribution in [2.75, 3.05) is 38.0 Å². The average molecular weight is 458 g/mol. The van der Waals surface area contributed by atoms with Crippen molar-refractivity contribution in [3.63, 3.8) is 0 Å². The predicted molar refractivity (Wildman–Crippen MR) is 130 cm³/mol. The first-order valence-corrected chi connectivity index (χ1v) is 10.8. The number of fused-ring (bicyclic) bond motifs is 1. The van der Waals surface area contributed by atoms with E-state index in [-0.39, 0.29) is 30.7 Å². The molecule has 8 heteroatoms. The number of hydrogen-bond acceptors (Lipinski definition) is 4. The molecule has 3 rings (SSSR count). The lowest BCUT2D eigenvalue weighted by Crippen LogP contribution is -2.32. The third kappa shape index (κ3) is 6.84. The van der Waals surface area contributed by atoms with E-state index in [1.165, 1.54) is 0 Å². The maximum absolute atomic E-state index is 12.8. The fourth-order valence-electron chi connectivity index (χ4n) is 4.23. The molecular formula is C22H37Cl2N5O. The summed E-state index contributed by atoms with van der Waals surface area (Å²) >= 11 is 0. The monoisotopic (exact) mass is 457 g/mol. The Morgan fingerprint density at radius 1 is 1.23 bits per heavy atom. The largest absolute Gasteiger partial charge is 0.317 e. The summed E-state index contributed by atoms with van der Waals surface area (Å²) in [6, 6.07) is 8.12. The van der Waals surface area contributed by atoms with Crippen molar-refractivity contribution in [3.8, 4) is 0 Å². The standard InChI is InChI=1S/C22H35N5O.2ClH/c1-4-26(5-2)14-15-27-20-9-7-6-8-19(20)24-22(27)25-21(28)16-17(3)18-10-12-23-13-11-18;;/h6-9,17-18,23H,4-5,10-16H2,1-3H3,(H,24,25,28);2*1H. The second-order valence-electron chi connectivity index (χ2n) is 7.92. The number of piperidine rings is 1. The second-order valence-corrected chi connectivity index (χ2v) is 7.92. The summed E-state index contributed by atoms with van der Waals surface area (Å²) in [6.45, 7) is 12.5. The van der Waals surface area contributed by atoms with Crippen LogP contribution in [-0.2, 0) is 11.3 Å². The summed E-state index contributed by atoms with van der Waals surface area (Å²) in [6.07, 6.45) is 2.89. The van der Waals surface area contributed by atoms with Crippen LogP contribution < -0.4 is 10.6 Å². The molecular weight excluding hydrogens is 421 g/mol. The zero-order chi connectivity index (χ0) is 19.9. The molecule has 30 heavy (non-hydrogen) atoms. The first-order chi connectivity index (χ1) is 13.6. The molecule has 0 spiro atoms. The quantitative estimate of drug-likeness (QED) is 0.592. The molecule has 1 unspecified atom stereocenters. The van der Waals surface area contributed by atoms with Gasteiger partial charge in [0.25, 0.3) is 0 Å².